The molecule has 0 saturated heterocycles. The van der Waals surface area contributed by atoms with Gasteiger partial charge in [-0.2, -0.15) is 0 Å². The molecule has 0 unspecified atom stereocenters. The molecule has 2 aromatic carbocycles. The van der Waals surface area contributed by atoms with Gasteiger partial charge in [0.05, 0.1) is 33.0 Å². The van der Waals surface area contributed by atoms with Crippen molar-refractivity contribution in [1.29, 1.82) is 0 Å². The molecule has 150 valence electrons. The maximum Gasteiger partial charge on any atom is 0.161 e. The molecule has 0 fully saturated rings. The van der Waals surface area contributed by atoms with E-state index in [1.165, 1.54) is 7.11 Å². The molecule has 2 aromatic rings. The Bertz CT molecular complexity index is 772. The van der Waals surface area contributed by atoms with Gasteiger partial charge in [-0.25, -0.2) is 0 Å². The Morgan fingerprint density at radius 3 is 2.07 bits per heavy atom. The molecule has 0 radical (unpaired) electrons. The number of ether oxygens (including phenoxy) is 4. The summed E-state index contributed by atoms with van der Waals surface area (Å²) in [5, 5.41) is 0. The molecule has 0 bridgehead atoms. The Labute approximate surface area is 165 Å². The third kappa shape index (κ3) is 6.30. The van der Waals surface area contributed by atoms with Gasteiger partial charge in [-0.1, -0.05) is 0 Å². The van der Waals surface area contributed by atoms with Crippen LogP contribution in [0.25, 0.3) is 0 Å². The number of methoxy groups -OCH3 is 2. The number of unbranched alkanes of at least 4 members (excludes halogenated alkanes) is 3. The van der Waals surface area contributed by atoms with Crippen LogP contribution in [0.15, 0.2) is 36.4 Å². The Hall–Kier alpha value is -3.02. The molecule has 0 amide bonds. The van der Waals surface area contributed by atoms with Crippen molar-refractivity contribution < 1.29 is 28.5 Å². The van der Waals surface area contributed by atoms with E-state index in [0.29, 0.717) is 47.3 Å². The number of hydrogen-bond donors (Lipinski definition) is 0. The second kappa shape index (κ2) is 11.6. The van der Waals surface area contributed by atoms with E-state index >= 15 is 0 Å². The minimum atomic E-state index is 0.507. The predicted octanol–water partition coefficient (Wildman–Crippen LogP) is 4.35. The van der Waals surface area contributed by atoms with Gasteiger partial charge in [-0.15, -0.1) is 0 Å². The zero-order valence-corrected chi connectivity index (χ0v) is 16.3. The van der Waals surface area contributed by atoms with Crippen molar-refractivity contribution in [2.75, 3.05) is 27.4 Å². The predicted molar refractivity (Wildman–Crippen MR) is 106 cm³/mol. The lowest BCUT2D eigenvalue weighted by molar-refractivity contribution is 0.111. The zero-order valence-electron chi connectivity index (χ0n) is 16.3. The topological polar surface area (TPSA) is 71.1 Å². The molecule has 6 heteroatoms. The van der Waals surface area contributed by atoms with Crippen LogP contribution in [0.4, 0.5) is 0 Å². The molecule has 0 atom stereocenters. The lowest BCUT2D eigenvalue weighted by atomic mass is 10.2. The largest absolute Gasteiger partial charge is 0.496 e. The first kappa shape index (κ1) is 21.3. The van der Waals surface area contributed by atoms with Gasteiger partial charge in [0.25, 0.3) is 0 Å². The summed E-state index contributed by atoms with van der Waals surface area (Å²) >= 11 is 0. The Morgan fingerprint density at radius 1 is 0.714 bits per heavy atom. The van der Waals surface area contributed by atoms with E-state index in [4.69, 9.17) is 18.9 Å². The molecule has 0 saturated carbocycles. The molecular weight excluding hydrogens is 360 g/mol. The molecular formula is C22H26O6. The molecule has 0 N–H and O–H groups in total. The number of carbonyl (C=O) groups excluding carboxylic acids is 2. The van der Waals surface area contributed by atoms with Crippen LogP contribution >= 0.6 is 0 Å². The summed E-state index contributed by atoms with van der Waals surface area (Å²) in [6.07, 6.45) is 5.42. The van der Waals surface area contributed by atoms with Crippen molar-refractivity contribution in [3.05, 3.63) is 47.5 Å². The van der Waals surface area contributed by atoms with Gasteiger partial charge in [-0.05, 0) is 56.0 Å². The van der Waals surface area contributed by atoms with E-state index in [0.717, 1.165) is 38.3 Å². The van der Waals surface area contributed by atoms with Gasteiger partial charge in [0.15, 0.2) is 17.8 Å². The van der Waals surface area contributed by atoms with Crippen LogP contribution in [0.1, 0.15) is 46.4 Å². The SMILES string of the molecule is COc1cc(OCCCCCCOc2ccc(C=O)cc2OC)ccc1C=O. The second-order valence-electron chi connectivity index (χ2n) is 6.16. The molecule has 0 aliphatic carbocycles. The summed E-state index contributed by atoms with van der Waals surface area (Å²) < 4.78 is 21.8. The molecule has 0 spiro atoms. The first-order valence-corrected chi connectivity index (χ1v) is 9.24. The van der Waals surface area contributed by atoms with Crippen LogP contribution < -0.4 is 18.9 Å². The van der Waals surface area contributed by atoms with Crippen molar-refractivity contribution in [1.82, 2.24) is 0 Å². The highest BCUT2D eigenvalue weighted by atomic mass is 16.5. The summed E-state index contributed by atoms with van der Waals surface area (Å²) in [6.45, 7) is 1.19. The molecule has 0 heterocycles. The first-order chi connectivity index (χ1) is 13.7. The summed E-state index contributed by atoms with van der Waals surface area (Å²) in [6, 6.07) is 10.3. The van der Waals surface area contributed by atoms with E-state index in [9.17, 15) is 9.59 Å². The zero-order chi connectivity index (χ0) is 20.2. The van der Waals surface area contributed by atoms with E-state index in [2.05, 4.69) is 0 Å². The average Bonchev–Trinajstić information content (AvgIpc) is 2.75. The van der Waals surface area contributed by atoms with E-state index in [-0.39, 0.29) is 0 Å². The molecule has 0 aliphatic heterocycles. The molecule has 2 rings (SSSR count). The van der Waals surface area contributed by atoms with Gasteiger partial charge >= 0.3 is 0 Å². The molecule has 6 nitrogen and oxygen atoms in total. The lowest BCUT2D eigenvalue weighted by Crippen LogP contribution is -2.01. The highest BCUT2D eigenvalue weighted by Crippen LogP contribution is 2.28. The van der Waals surface area contributed by atoms with Crippen molar-refractivity contribution >= 4 is 12.6 Å². The van der Waals surface area contributed by atoms with Crippen molar-refractivity contribution in [2.45, 2.75) is 25.7 Å². The molecule has 0 aliphatic rings. The van der Waals surface area contributed by atoms with E-state index in [1.807, 2.05) is 0 Å². The minimum absolute atomic E-state index is 0.507. The van der Waals surface area contributed by atoms with Crippen LogP contribution in [0.2, 0.25) is 0 Å². The first-order valence-electron chi connectivity index (χ1n) is 9.24. The van der Waals surface area contributed by atoms with Crippen LogP contribution in [0.3, 0.4) is 0 Å². The van der Waals surface area contributed by atoms with Crippen molar-refractivity contribution in [2.24, 2.45) is 0 Å². The van der Waals surface area contributed by atoms with Crippen LogP contribution in [-0.4, -0.2) is 40.0 Å². The maximum atomic E-state index is 10.9. The number of carbonyl (C=O) groups is 2. The number of aldehydes is 2. The average molecular weight is 386 g/mol. The fraction of sp³-hybridized carbons (Fsp3) is 0.364. The fourth-order valence-corrected chi connectivity index (χ4v) is 2.69. The number of rotatable bonds is 13. The number of hydrogen-bond acceptors (Lipinski definition) is 6. The summed E-state index contributed by atoms with van der Waals surface area (Å²) in [5.41, 5.74) is 1.06. The van der Waals surface area contributed by atoms with Crippen molar-refractivity contribution in [3.63, 3.8) is 0 Å². The highest BCUT2D eigenvalue weighted by molar-refractivity contribution is 5.79. The highest BCUT2D eigenvalue weighted by Gasteiger charge is 2.06. The fourth-order valence-electron chi connectivity index (χ4n) is 2.69. The number of benzene rings is 2. The van der Waals surface area contributed by atoms with Gasteiger partial charge in [-0.3, -0.25) is 9.59 Å². The Morgan fingerprint density at radius 2 is 1.43 bits per heavy atom. The summed E-state index contributed by atoms with van der Waals surface area (Å²) in [5.74, 6) is 2.41. The standard InChI is InChI=1S/C22H26O6/c1-25-21-14-19(9-8-18(21)16-24)27-11-5-3-4-6-12-28-20-10-7-17(15-23)13-22(20)26-2/h7-10,13-16H,3-6,11-12H2,1-2H3. The van der Waals surface area contributed by atoms with Crippen LogP contribution in [0, 0.1) is 0 Å². The smallest absolute Gasteiger partial charge is 0.161 e. The Kier molecular flexibility index (Phi) is 8.85. The quantitative estimate of drug-likeness (QED) is 0.377. The van der Waals surface area contributed by atoms with Gasteiger partial charge < -0.3 is 18.9 Å². The molecule has 28 heavy (non-hydrogen) atoms. The van der Waals surface area contributed by atoms with Crippen molar-refractivity contribution in [3.8, 4) is 23.0 Å². The van der Waals surface area contributed by atoms with E-state index in [1.54, 1.807) is 43.5 Å². The third-order valence-electron chi connectivity index (χ3n) is 4.22. The minimum Gasteiger partial charge on any atom is -0.496 e. The van der Waals surface area contributed by atoms with E-state index < -0.39 is 0 Å². The second-order valence-corrected chi connectivity index (χ2v) is 6.16. The van der Waals surface area contributed by atoms with Gasteiger partial charge in [0, 0.05) is 11.6 Å². The lowest BCUT2D eigenvalue weighted by Gasteiger charge is -2.11. The Balaban J connectivity index is 1.62. The maximum absolute atomic E-state index is 10.9. The normalized spacial score (nSPS) is 10.2. The molecule has 0 aromatic heterocycles. The summed E-state index contributed by atoms with van der Waals surface area (Å²) in [4.78, 5) is 21.7. The van der Waals surface area contributed by atoms with Crippen LogP contribution in [0.5, 0.6) is 23.0 Å². The van der Waals surface area contributed by atoms with Gasteiger partial charge in [0.1, 0.15) is 17.8 Å². The third-order valence-corrected chi connectivity index (χ3v) is 4.22. The van der Waals surface area contributed by atoms with Crippen LogP contribution in [-0.2, 0) is 0 Å². The summed E-state index contributed by atoms with van der Waals surface area (Å²) in [7, 11) is 3.08. The monoisotopic (exact) mass is 386 g/mol. The van der Waals surface area contributed by atoms with Gasteiger partial charge in [0.2, 0.25) is 0 Å².